The van der Waals surface area contributed by atoms with Crippen LogP contribution in [0, 0.1) is 5.92 Å². The van der Waals surface area contributed by atoms with Gasteiger partial charge in [-0.1, -0.05) is 0 Å². The van der Waals surface area contributed by atoms with E-state index in [1.54, 1.807) is 0 Å². The molecule has 17 atom stereocenters. The minimum absolute atomic E-state index is 0.716. The first-order valence-corrected chi connectivity index (χ1v) is 12.9. The Bertz CT molecular complexity index is 871. The first-order chi connectivity index (χ1) is 19.2. The monoisotopic (exact) mass is 603 g/mol. The molecule has 19 heteroatoms. The number of hydrogen-bond acceptors (Lipinski definition) is 18. The molecular weight excluding hydrogens is 562 g/mol. The zero-order valence-electron chi connectivity index (χ0n) is 22.0. The van der Waals surface area contributed by atoms with E-state index in [0.29, 0.717) is 0 Å². The van der Waals surface area contributed by atoms with Crippen molar-refractivity contribution in [3.8, 4) is 0 Å². The van der Waals surface area contributed by atoms with Crippen LogP contribution in [0.25, 0.3) is 0 Å². The van der Waals surface area contributed by atoms with E-state index in [1.165, 1.54) is 0 Å². The van der Waals surface area contributed by atoms with Gasteiger partial charge in [0.15, 0.2) is 18.9 Å². The number of aliphatic carboxylic acids is 1. The van der Waals surface area contributed by atoms with Crippen LogP contribution in [0.3, 0.4) is 0 Å². The molecule has 0 aromatic rings. The molecule has 3 heterocycles. The Morgan fingerprint density at radius 2 is 1.32 bits per heavy atom. The molecule has 0 saturated carbocycles. The zero-order valence-corrected chi connectivity index (χ0v) is 22.0. The second-order valence-corrected chi connectivity index (χ2v) is 10.5. The van der Waals surface area contributed by atoms with Crippen molar-refractivity contribution in [1.82, 2.24) is 0 Å². The summed E-state index contributed by atoms with van der Waals surface area (Å²) in [5.74, 6) is -3.67. The number of aliphatic hydroxyl groups excluding tert-OH is 9. The van der Waals surface area contributed by atoms with Gasteiger partial charge in [-0.2, -0.15) is 0 Å². The third-order valence-electron chi connectivity index (χ3n) is 7.79. The smallest absolute Gasteiger partial charge is 0.312 e. The van der Waals surface area contributed by atoms with Gasteiger partial charge >= 0.3 is 5.97 Å². The van der Waals surface area contributed by atoms with Gasteiger partial charge in [-0.3, -0.25) is 4.79 Å². The summed E-state index contributed by atoms with van der Waals surface area (Å²) < 4.78 is 27.7. The highest BCUT2D eigenvalue weighted by Gasteiger charge is 2.61. The summed E-state index contributed by atoms with van der Waals surface area (Å²) in [6, 6.07) is -4.43. The highest BCUT2D eigenvalue weighted by molar-refractivity contribution is 5.72. The number of nitrogens with two attached hydrogens (primary N) is 3. The highest BCUT2D eigenvalue weighted by Crippen LogP contribution is 2.39. The third kappa shape index (κ3) is 6.37. The molecule has 4 unspecified atom stereocenters. The summed E-state index contributed by atoms with van der Waals surface area (Å²) >= 11 is 0. The van der Waals surface area contributed by atoms with Gasteiger partial charge in [0.25, 0.3) is 0 Å². The Labute approximate surface area is 233 Å². The Morgan fingerprint density at radius 1 is 0.829 bits per heavy atom. The van der Waals surface area contributed by atoms with E-state index >= 15 is 0 Å². The van der Waals surface area contributed by atoms with E-state index in [2.05, 4.69) is 0 Å². The molecule has 0 radical (unpaired) electrons. The summed E-state index contributed by atoms with van der Waals surface area (Å²) in [5.41, 5.74) is 15.2. The van der Waals surface area contributed by atoms with Crippen LogP contribution < -0.4 is 17.2 Å². The van der Waals surface area contributed by atoms with Crippen molar-refractivity contribution in [2.24, 2.45) is 23.1 Å². The predicted molar refractivity (Wildman–Crippen MR) is 129 cm³/mol. The van der Waals surface area contributed by atoms with Crippen LogP contribution in [-0.4, -0.2) is 174 Å². The highest BCUT2D eigenvalue weighted by atomic mass is 16.7. The molecule has 0 aromatic carbocycles. The molecule has 0 aromatic heterocycles. The van der Waals surface area contributed by atoms with Crippen LogP contribution in [-0.2, 0) is 28.5 Å². The first-order valence-electron chi connectivity index (χ1n) is 12.9. The Morgan fingerprint density at radius 3 is 1.80 bits per heavy atom. The molecule has 41 heavy (non-hydrogen) atoms. The molecule has 16 N–H and O–H groups in total. The van der Waals surface area contributed by atoms with E-state index in [4.69, 9.17) is 40.9 Å². The molecule has 3 rings (SSSR count). The molecule has 0 amide bonds. The SMILES string of the molecule is CC(O)C(C(=O)O)[C@]1(CO)O[C@H](OC2[C@@H](CO)O[C@@H](OC3[C@@H](CO)O[C@@H](O)[C@H](N)[C@H]3O)[C@H](N)[C@H]2O)[C@H](N)[C@@H](O)[C@@H]1O. The molecule has 3 saturated heterocycles. The largest absolute Gasteiger partial charge is 0.481 e. The van der Waals surface area contributed by atoms with Crippen LogP contribution in [0.2, 0.25) is 0 Å². The fourth-order valence-corrected chi connectivity index (χ4v) is 5.41. The Hall–Kier alpha value is -1.21. The molecule has 0 aliphatic carbocycles. The number of aliphatic hydroxyl groups is 9. The van der Waals surface area contributed by atoms with E-state index < -0.39 is 129 Å². The van der Waals surface area contributed by atoms with Crippen LogP contribution in [0.15, 0.2) is 0 Å². The number of carboxylic acid groups (broad SMARTS) is 1. The van der Waals surface area contributed by atoms with E-state index in [9.17, 15) is 55.9 Å². The van der Waals surface area contributed by atoms with Gasteiger partial charge in [-0.05, 0) is 6.92 Å². The molecular formula is C22H41N3O16. The van der Waals surface area contributed by atoms with Crippen LogP contribution >= 0.6 is 0 Å². The maximum atomic E-state index is 11.9. The summed E-state index contributed by atoms with van der Waals surface area (Å²) in [7, 11) is 0. The average Bonchev–Trinajstić information content (AvgIpc) is 2.93. The second kappa shape index (κ2) is 13.6. The average molecular weight is 604 g/mol. The third-order valence-corrected chi connectivity index (χ3v) is 7.79. The molecule has 0 bridgehead atoms. The van der Waals surface area contributed by atoms with Gasteiger partial charge in [-0.15, -0.1) is 0 Å². The molecule has 240 valence electrons. The summed E-state index contributed by atoms with van der Waals surface area (Å²) in [4.78, 5) is 11.9. The van der Waals surface area contributed by atoms with Crippen molar-refractivity contribution >= 4 is 5.97 Å². The van der Waals surface area contributed by atoms with Crippen molar-refractivity contribution in [2.75, 3.05) is 19.8 Å². The van der Waals surface area contributed by atoms with Gasteiger partial charge in [0.2, 0.25) is 0 Å². The lowest BCUT2D eigenvalue weighted by Crippen LogP contribution is -2.74. The maximum Gasteiger partial charge on any atom is 0.312 e. The number of hydrogen-bond donors (Lipinski definition) is 13. The topological polar surface area (TPSA) is 344 Å². The van der Waals surface area contributed by atoms with Crippen molar-refractivity contribution < 1.29 is 79.5 Å². The Kier molecular flexibility index (Phi) is 11.4. The minimum atomic E-state index is -2.53. The predicted octanol–water partition coefficient (Wildman–Crippen LogP) is -8.22. The first kappa shape index (κ1) is 34.3. The van der Waals surface area contributed by atoms with Gasteiger partial charge in [0, 0.05) is 0 Å². The minimum Gasteiger partial charge on any atom is -0.481 e. The number of rotatable bonds is 10. The zero-order chi connectivity index (χ0) is 31.0. The van der Waals surface area contributed by atoms with Crippen LogP contribution in [0.1, 0.15) is 6.92 Å². The van der Waals surface area contributed by atoms with Crippen LogP contribution in [0.5, 0.6) is 0 Å². The number of carboxylic acids is 1. The normalized spacial score (nSPS) is 48.9. The fraction of sp³-hybridized carbons (Fsp3) is 0.955. The lowest BCUT2D eigenvalue weighted by Gasteiger charge is -2.52. The van der Waals surface area contributed by atoms with Crippen LogP contribution in [0.4, 0.5) is 0 Å². The van der Waals surface area contributed by atoms with E-state index in [1.807, 2.05) is 0 Å². The standard InChI is InChI=1S/C22H41N3O16/c1-5(29)8(18(34)35)22(4-28)17(33)14(32)11(25)21(41-22)40-16-7(3-27)38-20(10(24)13(16)31)39-15-6(2-26)37-19(36)9(23)12(15)30/h5-17,19-21,26-33,36H,2-4,23-25H2,1H3,(H,34,35)/t5?,6-,7-,8?,9-,10-,11-,12-,13-,14-,15?,16?,17+,19-,20+,21+,22+/m1/s1. The van der Waals surface area contributed by atoms with E-state index in [-0.39, 0.29) is 0 Å². The van der Waals surface area contributed by atoms with Crippen molar-refractivity contribution in [3.63, 3.8) is 0 Å². The summed E-state index contributed by atoms with van der Waals surface area (Å²) in [5, 5.41) is 102. The summed E-state index contributed by atoms with van der Waals surface area (Å²) in [6.45, 7) is -1.71. The van der Waals surface area contributed by atoms with Gasteiger partial charge < -0.3 is 92.0 Å². The van der Waals surface area contributed by atoms with Gasteiger partial charge in [0.1, 0.15) is 60.4 Å². The molecule has 19 nitrogen and oxygen atoms in total. The molecule has 3 aliphatic heterocycles. The van der Waals surface area contributed by atoms with Crippen molar-refractivity contribution in [2.45, 2.75) is 104 Å². The van der Waals surface area contributed by atoms with Gasteiger partial charge in [-0.25, -0.2) is 0 Å². The quantitative estimate of drug-likeness (QED) is 0.110. The maximum absolute atomic E-state index is 11.9. The lowest BCUT2D eigenvalue weighted by molar-refractivity contribution is -0.367. The molecule has 3 fully saturated rings. The molecule has 3 aliphatic rings. The number of ether oxygens (including phenoxy) is 5. The fourth-order valence-electron chi connectivity index (χ4n) is 5.41. The lowest BCUT2D eigenvalue weighted by atomic mass is 9.74. The Balaban J connectivity index is 1.84. The van der Waals surface area contributed by atoms with Gasteiger partial charge in [0.05, 0.1) is 44.1 Å². The number of carbonyl (C=O) groups is 1. The van der Waals surface area contributed by atoms with Crippen molar-refractivity contribution in [3.05, 3.63) is 0 Å². The molecule has 0 spiro atoms. The van der Waals surface area contributed by atoms with E-state index in [0.717, 1.165) is 6.92 Å². The van der Waals surface area contributed by atoms with Crippen molar-refractivity contribution in [1.29, 1.82) is 0 Å². The summed E-state index contributed by atoms with van der Waals surface area (Å²) in [6.07, 6.45) is -19.9. The second-order valence-electron chi connectivity index (χ2n) is 10.5.